The topological polar surface area (TPSA) is 57.8 Å². The number of aryl methyl sites for hydroxylation is 2. The van der Waals surface area contributed by atoms with Crippen LogP contribution >= 0.6 is 11.6 Å². The molecule has 3 rings (SSSR count). The molecule has 0 aliphatic heterocycles. The highest BCUT2D eigenvalue weighted by atomic mass is 35.5. The molecule has 0 saturated carbocycles. The Morgan fingerprint density at radius 2 is 1.83 bits per heavy atom. The summed E-state index contributed by atoms with van der Waals surface area (Å²) in [4.78, 5) is 12.3. The van der Waals surface area contributed by atoms with Gasteiger partial charge in [0.25, 0.3) is 5.91 Å². The number of aromatic amines is 1. The molecule has 0 unspecified atom stereocenters. The van der Waals surface area contributed by atoms with Crippen molar-refractivity contribution in [2.45, 2.75) is 13.8 Å². The molecule has 1 amide bonds. The summed E-state index contributed by atoms with van der Waals surface area (Å²) in [5.41, 5.74) is 4.91. The molecule has 0 spiro atoms. The number of hydrogen-bond donors (Lipinski definition) is 2. The van der Waals surface area contributed by atoms with Gasteiger partial charge in [0.1, 0.15) is 5.69 Å². The Morgan fingerprint density at radius 3 is 2.52 bits per heavy atom. The van der Waals surface area contributed by atoms with Crippen molar-refractivity contribution in [3.8, 4) is 11.3 Å². The lowest BCUT2D eigenvalue weighted by Gasteiger charge is -2.06. The van der Waals surface area contributed by atoms with E-state index in [2.05, 4.69) is 21.6 Å². The lowest BCUT2D eigenvalue weighted by atomic mass is 10.1. The van der Waals surface area contributed by atoms with Crippen molar-refractivity contribution >= 4 is 23.2 Å². The van der Waals surface area contributed by atoms with E-state index in [0.717, 1.165) is 22.4 Å². The maximum absolute atomic E-state index is 12.3. The molecule has 0 radical (unpaired) electrons. The number of H-pyrrole nitrogens is 1. The second kappa shape index (κ2) is 6.26. The van der Waals surface area contributed by atoms with Gasteiger partial charge in [0.2, 0.25) is 0 Å². The second-order valence-electron chi connectivity index (χ2n) is 5.51. The van der Waals surface area contributed by atoms with Crippen LogP contribution in [0.25, 0.3) is 11.3 Å². The summed E-state index contributed by atoms with van der Waals surface area (Å²) in [6.07, 6.45) is 0. The number of carbonyl (C=O) groups is 1. The minimum Gasteiger partial charge on any atom is -0.321 e. The number of halogens is 1. The fourth-order valence-corrected chi connectivity index (χ4v) is 2.67. The van der Waals surface area contributed by atoms with E-state index in [9.17, 15) is 4.79 Å². The zero-order valence-electron chi connectivity index (χ0n) is 12.9. The number of nitrogens with zero attached hydrogens (tertiary/aromatic N) is 1. The van der Waals surface area contributed by atoms with Crippen molar-refractivity contribution in [2.24, 2.45) is 0 Å². The van der Waals surface area contributed by atoms with Gasteiger partial charge >= 0.3 is 0 Å². The largest absolute Gasteiger partial charge is 0.321 e. The number of hydrogen-bond acceptors (Lipinski definition) is 2. The van der Waals surface area contributed by atoms with Gasteiger partial charge < -0.3 is 5.32 Å². The number of carbonyl (C=O) groups excluding carboxylic acids is 1. The van der Waals surface area contributed by atoms with E-state index in [1.54, 1.807) is 12.1 Å². The summed E-state index contributed by atoms with van der Waals surface area (Å²) >= 11 is 5.98. The summed E-state index contributed by atoms with van der Waals surface area (Å²) < 4.78 is 0. The van der Waals surface area contributed by atoms with Crippen LogP contribution < -0.4 is 5.32 Å². The summed E-state index contributed by atoms with van der Waals surface area (Å²) in [5.74, 6) is -0.226. The second-order valence-corrected chi connectivity index (χ2v) is 5.94. The molecule has 0 aliphatic carbocycles. The number of benzene rings is 2. The van der Waals surface area contributed by atoms with Gasteiger partial charge in [-0.15, -0.1) is 0 Å². The van der Waals surface area contributed by atoms with Gasteiger partial charge in [0.15, 0.2) is 0 Å². The van der Waals surface area contributed by atoms with Crippen LogP contribution in [0.15, 0.2) is 48.5 Å². The maximum atomic E-state index is 12.3. The summed E-state index contributed by atoms with van der Waals surface area (Å²) in [7, 11) is 0. The Labute approximate surface area is 139 Å². The molecule has 2 N–H and O–H groups in total. The lowest BCUT2D eigenvalue weighted by molar-refractivity contribution is 0.102. The number of aromatic nitrogens is 2. The van der Waals surface area contributed by atoms with E-state index in [0.29, 0.717) is 16.4 Å². The molecule has 0 aliphatic rings. The normalized spacial score (nSPS) is 10.6. The molecular formula is C18H16ClN3O. The molecule has 23 heavy (non-hydrogen) atoms. The average molecular weight is 326 g/mol. The minimum absolute atomic E-state index is 0.226. The maximum Gasteiger partial charge on any atom is 0.273 e. The molecule has 4 nitrogen and oxygen atoms in total. The molecule has 2 aromatic carbocycles. The van der Waals surface area contributed by atoms with Gasteiger partial charge in [-0.05, 0) is 55.3 Å². The molecule has 116 valence electrons. The number of anilines is 1. The van der Waals surface area contributed by atoms with E-state index in [4.69, 9.17) is 11.6 Å². The third kappa shape index (κ3) is 3.60. The smallest absolute Gasteiger partial charge is 0.273 e. The van der Waals surface area contributed by atoms with Crippen LogP contribution in [0.4, 0.5) is 5.69 Å². The fraction of sp³-hybridized carbons (Fsp3) is 0.111. The Balaban J connectivity index is 1.81. The molecule has 0 fully saturated rings. The third-order valence-electron chi connectivity index (χ3n) is 3.42. The van der Waals surface area contributed by atoms with Crippen LogP contribution in [0.1, 0.15) is 21.6 Å². The van der Waals surface area contributed by atoms with E-state index in [1.165, 1.54) is 0 Å². The standard InChI is InChI=1S/C18H16ClN3O/c1-11-6-12(2)8-15(7-11)20-18(23)17-10-16(21-22-17)13-4-3-5-14(19)9-13/h3-10H,1-2H3,(H,20,23)(H,21,22). The van der Waals surface area contributed by atoms with Crippen molar-refractivity contribution in [3.05, 3.63) is 70.4 Å². The quantitative estimate of drug-likeness (QED) is 0.739. The monoisotopic (exact) mass is 325 g/mol. The van der Waals surface area contributed by atoms with Crippen molar-refractivity contribution in [1.29, 1.82) is 0 Å². The molecular weight excluding hydrogens is 310 g/mol. The van der Waals surface area contributed by atoms with E-state index in [1.807, 2.05) is 44.2 Å². The Kier molecular flexibility index (Phi) is 4.17. The first kappa shape index (κ1) is 15.3. The average Bonchev–Trinajstić information content (AvgIpc) is 2.96. The van der Waals surface area contributed by atoms with Crippen LogP contribution in [0.2, 0.25) is 5.02 Å². The number of nitrogens with one attached hydrogen (secondary N) is 2. The van der Waals surface area contributed by atoms with Gasteiger partial charge in [0, 0.05) is 16.3 Å². The van der Waals surface area contributed by atoms with Gasteiger partial charge in [-0.2, -0.15) is 5.10 Å². The van der Waals surface area contributed by atoms with Crippen molar-refractivity contribution in [2.75, 3.05) is 5.32 Å². The van der Waals surface area contributed by atoms with E-state index < -0.39 is 0 Å². The number of amides is 1. The first-order chi connectivity index (χ1) is 11.0. The lowest BCUT2D eigenvalue weighted by Crippen LogP contribution is -2.12. The van der Waals surface area contributed by atoms with Gasteiger partial charge in [-0.25, -0.2) is 0 Å². The van der Waals surface area contributed by atoms with Crippen LogP contribution in [-0.2, 0) is 0 Å². The summed E-state index contributed by atoms with van der Waals surface area (Å²) in [5, 5.41) is 10.5. The van der Waals surface area contributed by atoms with Gasteiger partial charge in [-0.3, -0.25) is 9.89 Å². The third-order valence-corrected chi connectivity index (χ3v) is 3.66. The van der Waals surface area contributed by atoms with Crippen LogP contribution in [0.5, 0.6) is 0 Å². The zero-order valence-corrected chi connectivity index (χ0v) is 13.6. The SMILES string of the molecule is Cc1cc(C)cc(NC(=O)c2cc(-c3cccc(Cl)c3)n[nH]2)c1. The van der Waals surface area contributed by atoms with Crippen molar-refractivity contribution in [1.82, 2.24) is 10.2 Å². The molecule has 3 aromatic rings. The predicted octanol–water partition coefficient (Wildman–Crippen LogP) is 4.60. The Hall–Kier alpha value is -2.59. The molecule has 1 heterocycles. The molecule has 0 bridgehead atoms. The van der Waals surface area contributed by atoms with E-state index in [-0.39, 0.29) is 5.91 Å². The van der Waals surface area contributed by atoms with Crippen LogP contribution in [0.3, 0.4) is 0 Å². The predicted molar refractivity (Wildman–Crippen MR) is 92.9 cm³/mol. The Bertz CT molecular complexity index is 850. The molecule has 5 heteroatoms. The molecule has 1 aromatic heterocycles. The molecule has 0 saturated heterocycles. The van der Waals surface area contributed by atoms with Crippen molar-refractivity contribution < 1.29 is 4.79 Å². The first-order valence-electron chi connectivity index (χ1n) is 7.22. The first-order valence-corrected chi connectivity index (χ1v) is 7.60. The minimum atomic E-state index is -0.226. The van der Waals surface area contributed by atoms with Crippen LogP contribution in [0, 0.1) is 13.8 Å². The highest BCUT2D eigenvalue weighted by Gasteiger charge is 2.12. The fourth-order valence-electron chi connectivity index (χ4n) is 2.48. The Morgan fingerprint density at radius 1 is 1.09 bits per heavy atom. The van der Waals surface area contributed by atoms with Crippen molar-refractivity contribution in [3.63, 3.8) is 0 Å². The van der Waals surface area contributed by atoms with Gasteiger partial charge in [0.05, 0.1) is 5.69 Å². The highest BCUT2D eigenvalue weighted by molar-refractivity contribution is 6.30. The number of rotatable bonds is 3. The zero-order chi connectivity index (χ0) is 16.4. The summed E-state index contributed by atoms with van der Waals surface area (Å²) in [6, 6.07) is 15.0. The van der Waals surface area contributed by atoms with E-state index >= 15 is 0 Å². The van der Waals surface area contributed by atoms with Crippen LogP contribution in [-0.4, -0.2) is 16.1 Å². The highest BCUT2D eigenvalue weighted by Crippen LogP contribution is 2.22. The summed E-state index contributed by atoms with van der Waals surface area (Å²) in [6.45, 7) is 3.99. The van der Waals surface area contributed by atoms with Gasteiger partial charge in [-0.1, -0.05) is 29.8 Å². The molecule has 0 atom stereocenters.